The van der Waals surface area contributed by atoms with E-state index in [4.69, 9.17) is 0 Å². The molecule has 0 spiro atoms. The second-order valence-electron chi connectivity index (χ2n) is 6.03. The number of aromatic nitrogens is 1. The molecule has 134 valence electrons. The molecule has 0 bridgehead atoms. The van der Waals surface area contributed by atoms with Crippen LogP contribution in [0.1, 0.15) is 18.1 Å². The minimum absolute atomic E-state index is 0.221. The first-order valence-corrected chi connectivity index (χ1v) is 9.86. The maximum atomic E-state index is 12.4. The van der Waals surface area contributed by atoms with Crippen LogP contribution >= 0.6 is 0 Å². The van der Waals surface area contributed by atoms with Gasteiger partial charge in [0.15, 0.2) is 0 Å². The van der Waals surface area contributed by atoms with Gasteiger partial charge in [-0.2, -0.15) is 0 Å². The Morgan fingerprint density at radius 3 is 2.35 bits per heavy atom. The third-order valence-electron chi connectivity index (χ3n) is 3.95. The molecule has 1 aromatic heterocycles. The van der Waals surface area contributed by atoms with Crippen molar-refractivity contribution in [2.75, 3.05) is 10.0 Å². The van der Waals surface area contributed by atoms with Crippen LogP contribution in [-0.4, -0.2) is 13.4 Å². The molecule has 0 aliphatic heterocycles. The summed E-state index contributed by atoms with van der Waals surface area (Å²) in [4.78, 5) is 4.41. The van der Waals surface area contributed by atoms with Gasteiger partial charge < -0.3 is 5.32 Å². The van der Waals surface area contributed by atoms with Gasteiger partial charge in [0.1, 0.15) is 5.82 Å². The summed E-state index contributed by atoms with van der Waals surface area (Å²) in [6.07, 6.45) is 2.46. The van der Waals surface area contributed by atoms with Gasteiger partial charge in [0.25, 0.3) is 10.0 Å². The molecule has 6 heteroatoms. The highest BCUT2D eigenvalue weighted by molar-refractivity contribution is 7.92. The average Bonchev–Trinajstić information content (AvgIpc) is 2.63. The lowest BCUT2D eigenvalue weighted by Gasteiger charge is -2.10. The minimum Gasteiger partial charge on any atom is -0.354 e. The van der Waals surface area contributed by atoms with E-state index in [0.29, 0.717) is 0 Å². The molecule has 3 aromatic rings. The first-order chi connectivity index (χ1) is 12.5. The number of nitrogens with zero attached hydrogens (tertiary/aromatic N) is 1. The Balaban J connectivity index is 1.71. The van der Waals surface area contributed by atoms with Gasteiger partial charge >= 0.3 is 0 Å². The summed E-state index contributed by atoms with van der Waals surface area (Å²) < 4.78 is 27.4. The van der Waals surface area contributed by atoms with Crippen molar-refractivity contribution >= 4 is 27.2 Å². The van der Waals surface area contributed by atoms with Crippen molar-refractivity contribution < 1.29 is 8.42 Å². The monoisotopic (exact) mass is 367 g/mol. The molecular formula is C20H21N3O2S. The quantitative estimate of drug-likeness (QED) is 0.673. The summed E-state index contributed by atoms with van der Waals surface area (Å²) in [5.74, 6) is 0.277. The van der Waals surface area contributed by atoms with Gasteiger partial charge in [-0.05, 0) is 60.9 Å². The van der Waals surface area contributed by atoms with Crippen LogP contribution in [0.2, 0.25) is 0 Å². The van der Waals surface area contributed by atoms with Crippen molar-refractivity contribution in [2.24, 2.45) is 0 Å². The molecule has 2 aromatic carbocycles. The van der Waals surface area contributed by atoms with E-state index in [0.717, 1.165) is 28.9 Å². The molecule has 2 N–H and O–H groups in total. The van der Waals surface area contributed by atoms with E-state index >= 15 is 0 Å². The van der Waals surface area contributed by atoms with Crippen LogP contribution in [-0.2, 0) is 16.4 Å². The van der Waals surface area contributed by atoms with E-state index < -0.39 is 10.0 Å². The summed E-state index contributed by atoms with van der Waals surface area (Å²) in [5.41, 5.74) is 3.98. The number of anilines is 3. The van der Waals surface area contributed by atoms with E-state index in [1.165, 1.54) is 0 Å². The molecule has 0 amide bonds. The van der Waals surface area contributed by atoms with Crippen LogP contribution in [0.5, 0.6) is 0 Å². The Morgan fingerprint density at radius 1 is 0.962 bits per heavy atom. The average molecular weight is 367 g/mol. The molecule has 1 heterocycles. The Bertz CT molecular complexity index is 982. The molecule has 0 saturated heterocycles. The topological polar surface area (TPSA) is 71.1 Å². The van der Waals surface area contributed by atoms with Gasteiger partial charge in [0.05, 0.1) is 16.8 Å². The molecule has 0 fully saturated rings. The number of rotatable bonds is 6. The van der Waals surface area contributed by atoms with Crippen LogP contribution < -0.4 is 10.0 Å². The Hall–Kier alpha value is -2.86. The summed E-state index contributed by atoms with van der Waals surface area (Å²) in [7, 11) is -3.65. The zero-order valence-corrected chi connectivity index (χ0v) is 15.5. The maximum Gasteiger partial charge on any atom is 0.263 e. The third kappa shape index (κ3) is 4.40. The standard InChI is InChI=1S/C20H21N3O2S/c1-3-16-7-10-19(11-8-16)26(24,25)23-20-12-9-18(14-21-20)22-17-6-4-5-15(2)13-17/h4-14,22H,3H2,1-2H3,(H,21,23). The Labute approximate surface area is 154 Å². The number of benzene rings is 2. The van der Waals surface area contributed by atoms with Crippen molar-refractivity contribution in [3.8, 4) is 0 Å². The third-order valence-corrected chi connectivity index (χ3v) is 5.32. The lowest BCUT2D eigenvalue weighted by atomic mass is 10.2. The fourth-order valence-electron chi connectivity index (χ4n) is 2.52. The second kappa shape index (κ2) is 7.58. The highest BCUT2D eigenvalue weighted by Gasteiger charge is 2.14. The number of hydrogen-bond acceptors (Lipinski definition) is 4. The van der Waals surface area contributed by atoms with Crippen molar-refractivity contribution in [1.29, 1.82) is 0 Å². The largest absolute Gasteiger partial charge is 0.354 e. The zero-order valence-electron chi connectivity index (χ0n) is 14.7. The predicted molar refractivity (Wildman–Crippen MR) is 105 cm³/mol. The number of pyridine rings is 1. The van der Waals surface area contributed by atoms with Crippen molar-refractivity contribution in [3.63, 3.8) is 0 Å². The van der Waals surface area contributed by atoms with Gasteiger partial charge in [-0.1, -0.05) is 31.2 Å². The van der Waals surface area contributed by atoms with Crippen molar-refractivity contribution in [1.82, 2.24) is 4.98 Å². The van der Waals surface area contributed by atoms with Crippen LogP contribution in [0.15, 0.2) is 71.8 Å². The molecule has 0 saturated carbocycles. The lowest BCUT2D eigenvalue weighted by Crippen LogP contribution is -2.13. The van der Waals surface area contributed by atoms with Gasteiger partial charge in [0.2, 0.25) is 0 Å². The normalized spacial score (nSPS) is 11.2. The minimum atomic E-state index is -3.65. The Kier molecular flexibility index (Phi) is 5.23. The lowest BCUT2D eigenvalue weighted by molar-refractivity contribution is 0.601. The van der Waals surface area contributed by atoms with Crippen LogP contribution in [0, 0.1) is 6.92 Å². The SMILES string of the molecule is CCc1ccc(S(=O)(=O)Nc2ccc(Nc3cccc(C)c3)cn2)cc1. The number of sulfonamides is 1. The molecule has 5 nitrogen and oxygen atoms in total. The fourth-order valence-corrected chi connectivity index (χ4v) is 3.53. The highest BCUT2D eigenvalue weighted by atomic mass is 32.2. The molecule has 0 unspecified atom stereocenters. The first kappa shape index (κ1) is 17.9. The van der Waals surface area contributed by atoms with Gasteiger partial charge in [-0.15, -0.1) is 0 Å². The first-order valence-electron chi connectivity index (χ1n) is 8.38. The van der Waals surface area contributed by atoms with E-state index in [9.17, 15) is 8.42 Å². The second-order valence-corrected chi connectivity index (χ2v) is 7.71. The molecular weight excluding hydrogens is 346 g/mol. The van der Waals surface area contributed by atoms with Crippen molar-refractivity contribution in [3.05, 3.63) is 78.0 Å². The fraction of sp³-hybridized carbons (Fsp3) is 0.150. The van der Waals surface area contributed by atoms with E-state index in [1.807, 2.05) is 50.2 Å². The van der Waals surface area contributed by atoms with E-state index in [2.05, 4.69) is 15.0 Å². The number of nitrogens with one attached hydrogen (secondary N) is 2. The summed E-state index contributed by atoms with van der Waals surface area (Å²) in [6.45, 7) is 4.05. The summed E-state index contributed by atoms with van der Waals surface area (Å²) in [5, 5.41) is 3.24. The summed E-state index contributed by atoms with van der Waals surface area (Å²) >= 11 is 0. The number of hydrogen-bond donors (Lipinski definition) is 2. The van der Waals surface area contributed by atoms with Gasteiger partial charge in [-0.3, -0.25) is 4.72 Å². The van der Waals surface area contributed by atoms with Crippen LogP contribution in [0.25, 0.3) is 0 Å². The molecule has 0 radical (unpaired) electrons. The predicted octanol–water partition coefficient (Wildman–Crippen LogP) is 4.50. The van der Waals surface area contributed by atoms with Gasteiger partial charge in [0, 0.05) is 5.69 Å². The zero-order chi connectivity index (χ0) is 18.6. The van der Waals surface area contributed by atoms with Crippen LogP contribution in [0.4, 0.5) is 17.2 Å². The molecule has 3 rings (SSSR count). The molecule has 0 aliphatic carbocycles. The van der Waals surface area contributed by atoms with E-state index in [-0.39, 0.29) is 10.7 Å². The molecule has 0 atom stereocenters. The van der Waals surface area contributed by atoms with E-state index in [1.54, 1.807) is 30.5 Å². The van der Waals surface area contributed by atoms with Crippen molar-refractivity contribution in [2.45, 2.75) is 25.2 Å². The molecule has 26 heavy (non-hydrogen) atoms. The Morgan fingerprint density at radius 2 is 1.73 bits per heavy atom. The van der Waals surface area contributed by atoms with Crippen LogP contribution in [0.3, 0.4) is 0 Å². The highest BCUT2D eigenvalue weighted by Crippen LogP contribution is 2.20. The summed E-state index contributed by atoms with van der Waals surface area (Å²) in [6, 6.07) is 18.2. The maximum absolute atomic E-state index is 12.4. The number of aryl methyl sites for hydroxylation is 2. The smallest absolute Gasteiger partial charge is 0.263 e. The molecule has 0 aliphatic rings. The van der Waals surface area contributed by atoms with Gasteiger partial charge in [-0.25, -0.2) is 13.4 Å².